The predicted octanol–water partition coefficient (Wildman–Crippen LogP) is 5.45. The second-order valence-electron chi connectivity index (χ2n) is 8.68. The number of aromatic nitrogens is 1. The van der Waals surface area contributed by atoms with Crippen molar-refractivity contribution in [2.45, 2.75) is 18.9 Å². The number of benzene rings is 3. The molecule has 0 amide bonds. The zero-order chi connectivity index (χ0) is 25.0. The Morgan fingerprint density at radius 3 is 2.78 bits per heavy atom. The molecule has 180 valence electrons. The maximum Gasteiger partial charge on any atom is 0.271 e. The summed E-state index contributed by atoms with van der Waals surface area (Å²) in [5.74, 6) is 0.654. The molecule has 0 bridgehead atoms. The Labute approximate surface area is 224 Å². The number of halogens is 2. The van der Waals surface area contributed by atoms with Crippen LogP contribution in [0.1, 0.15) is 34.7 Å². The van der Waals surface area contributed by atoms with E-state index in [0.29, 0.717) is 19.4 Å². The van der Waals surface area contributed by atoms with Crippen molar-refractivity contribution in [1.29, 1.82) is 0 Å². The maximum atomic E-state index is 13.9. The first-order valence-corrected chi connectivity index (χ1v) is 13.4. The number of fused-ring (bicyclic) bond motifs is 3. The molecule has 2 heterocycles. The predicted molar refractivity (Wildman–Crippen MR) is 147 cm³/mol. The molecule has 1 aliphatic carbocycles. The van der Waals surface area contributed by atoms with Gasteiger partial charge in [-0.15, -0.1) is 0 Å². The summed E-state index contributed by atoms with van der Waals surface area (Å²) in [4.78, 5) is 19.5. The lowest BCUT2D eigenvalue weighted by atomic mass is 9.83. The number of ether oxygens (including phenoxy) is 1. The Kier molecular flexibility index (Phi) is 5.86. The van der Waals surface area contributed by atoms with Gasteiger partial charge in [0.1, 0.15) is 11.5 Å². The molecule has 1 aromatic heterocycles. The lowest BCUT2D eigenvalue weighted by Crippen LogP contribution is -2.39. The number of aromatic hydroxyl groups is 1. The Hall–Kier alpha value is -3.13. The summed E-state index contributed by atoms with van der Waals surface area (Å²) in [6, 6.07) is 19.1. The molecule has 8 heteroatoms. The summed E-state index contributed by atoms with van der Waals surface area (Å²) >= 11 is 10.9. The van der Waals surface area contributed by atoms with Crippen LogP contribution in [-0.4, -0.2) is 16.8 Å². The van der Waals surface area contributed by atoms with Crippen molar-refractivity contribution in [3.8, 4) is 11.5 Å². The Morgan fingerprint density at radius 2 is 1.94 bits per heavy atom. The van der Waals surface area contributed by atoms with Gasteiger partial charge in [0.05, 0.1) is 28.4 Å². The highest BCUT2D eigenvalue weighted by molar-refractivity contribution is 9.10. The molecule has 0 saturated carbocycles. The molecular weight excluding hydrogens is 560 g/mol. The van der Waals surface area contributed by atoms with E-state index in [1.54, 1.807) is 29.9 Å². The van der Waals surface area contributed by atoms with Crippen LogP contribution in [0.4, 0.5) is 0 Å². The van der Waals surface area contributed by atoms with Crippen LogP contribution < -0.4 is 19.6 Å². The molecule has 1 aliphatic heterocycles. The van der Waals surface area contributed by atoms with Gasteiger partial charge >= 0.3 is 0 Å². The molecule has 1 atom stereocenters. The van der Waals surface area contributed by atoms with Crippen LogP contribution in [-0.2, 0) is 6.42 Å². The van der Waals surface area contributed by atoms with Crippen LogP contribution in [0.5, 0.6) is 11.5 Å². The average Bonchev–Trinajstić information content (AvgIpc) is 3.20. The van der Waals surface area contributed by atoms with Gasteiger partial charge < -0.3 is 9.84 Å². The smallest absolute Gasteiger partial charge is 0.271 e. The number of rotatable bonds is 3. The van der Waals surface area contributed by atoms with Crippen LogP contribution >= 0.6 is 38.9 Å². The third kappa shape index (κ3) is 3.74. The molecule has 36 heavy (non-hydrogen) atoms. The summed E-state index contributed by atoms with van der Waals surface area (Å²) in [5.41, 5.74) is 5.60. The molecule has 0 radical (unpaired) electrons. The molecule has 0 saturated heterocycles. The lowest BCUT2D eigenvalue weighted by molar-refractivity contribution is 0.402. The van der Waals surface area contributed by atoms with Gasteiger partial charge in [0.15, 0.2) is 4.80 Å². The quantitative estimate of drug-likeness (QED) is 0.351. The first kappa shape index (κ1) is 23.3. The fraction of sp³-hybridized carbons (Fsp3) is 0.143. The third-order valence-corrected chi connectivity index (χ3v) is 8.38. The molecule has 1 N–H and O–H groups in total. The minimum atomic E-state index is -0.345. The molecule has 0 spiro atoms. The van der Waals surface area contributed by atoms with Crippen molar-refractivity contribution < 1.29 is 9.84 Å². The molecule has 5 nitrogen and oxygen atoms in total. The number of hydrogen-bond acceptors (Lipinski definition) is 5. The van der Waals surface area contributed by atoms with E-state index in [1.807, 2.05) is 30.3 Å². The van der Waals surface area contributed by atoms with E-state index in [2.05, 4.69) is 34.1 Å². The zero-order valence-corrected chi connectivity index (χ0v) is 22.3. The summed E-state index contributed by atoms with van der Waals surface area (Å²) in [6.07, 6.45) is 3.35. The van der Waals surface area contributed by atoms with E-state index in [4.69, 9.17) is 21.3 Å². The summed E-state index contributed by atoms with van der Waals surface area (Å²) in [6.45, 7) is 0. The monoisotopic (exact) mass is 578 g/mol. The van der Waals surface area contributed by atoms with Gasteiger partial charge in [-0.05, 0) is 48.3 Å². The van der Waals surface area contributed by atoms with Crippen LogP contribution in [0.3, 0.4) is 0 Å². The van der Waals surface area contributed by atoms with Crippen LogP contribution in [0, 0.1) is 0 Å². The molecular formula is C28H20BrClN2O3S. The van der Waals surface area contributed by atoms with Gasteiger partial charge in [0.25, 0.3) is 5.56 Å². The number of hydrogen-bond donors (Lipinski definition) is 1. The normalized spacial score (nSPS) is 16.8. The van der Waals surface area contributed by atoms with Crippen molar-refractivity contribution >= 4 is 50.6 Å². The number of allylic oxidation sites excluding steroid dienone is 1. The first-order valence-electron chi connectivity index (χ1n) is 11.4. The van der Waals surface area contributed by atoms with Crippen molar-refractivity contribution in [2.75, 3.05) is 7.11 Å². The van der Waals surface area contributed by atoms with Gasteiger partial charge in [-0.3, -0.25) is 9.36 Å². The van der Waals surface area contributed by atoms with Crippen molar-refractivity contribution in [3.63, 3.8) is 0 Å². The van der Waals surface area contributed by atoms with Gasteiger partial charge in [-0.2, -0.15) is 0 Å². The van der Waals surface area contributed by atoms with Gasteiger partial charge in [-0.1, -0.05) is 81.3 Å². The SMILES string of the molecule is COc1ccccc1C1C2=C(N=c3sc(=Cc4cc(Br)cc(Cl)c4O)c(=O)n31)c1ccccc1CC2. The molecule has 1 unspecified atom stereocenters. The van der Waals surface area contributed by atoms with Crippen LogP contribution in [0.25, 0.3) is 11.8 Å². The van der Waals surface area contributed by atoms with Gasteiger partial charge in [0.2, 0.25) is 0 Å². The summed E-state index contributed by atoms with van der Waals surface area (Å²) in [5, 5.41) is 10.7. The third-order valence-electron chi connectivity index (χ3n) is 6.65. The van der Waals surface area contributed by atoms with E-state index in [9.17, 15) is 9.90 Å². The summed E-state index contributed by atoms with van der Waals surface area (Å²) < 4.78 is 8.66. The topological polar surface area (TPSA) is 63.8 Å². The lowest BCUT2D eigenvalue weighted by Gasteiger charge is -2.31. The molecule has 4 aromatic rings. The van der Waals surface area contributed by atoms with Crippen molar-refractivity contribution in [1.82, 2.24) is 4.57 Å². The van der Waals surface area contributed by atoms with Gasteiger partial charge in [-0.25, -0.2) is 4.99 Å². The fourth-order valence-corrected chi connectivity index (χ4v) is 6.85. The van der Waals surface area contributed by atoms with E-state index in [0.717, 1.165) is 41.0 Å². The number of nitrogens with zero attached hydrogens (tertiary/aromatic N) is 2. The Morgan fingerprint density at radius 1 is 1.17 bits per heavy atom. The number of phenols is 1. The van der Waals surface area contributed by atoms with Crippen LogP contribution in [0.15, 0.2) is 80.5 Å². The number of phenolic OH excluding ortho intramolecular Hbond substituents is 1. The minimum absolute atomic E-state index is 0.0693. The average molecular weight is 580 g/mol. The highest BCUT2D eigenvalue weighted by Gasteiger charge is 2.34. The standard InChI is InChI=1S/C28H20BrClN2O3S/c1-35-22-9-5-4-8-19(22)25-20-11-10-15-6-2-3-7-18(15)24(20)31-28-32(25)27(34)23(36-28)13-16-12-17(29)14-21(30)26(16)33/h2-9,12-14,25,33H,10-11H2,1H3. The fourth-order valence-electron chi connectivity index (χ4n) is 5.03. The molecule has 2 aliphatic rings. The van der Waals surface area contributed by atoms with E-state index >= 15 is 0 Å². The van der Waals surface area contributed by atoms with E-state index in [1.165, 1.54) is 16.9 Å². The van der Waals surface area contributed by atoms with Crippen LogP contribution in [0.2, 0.25) is 5.02 Å². The van der Waals surface area contributed by atoms with E-state index < -0.39 is 0 Å². The van der Waals surface area contributed by atoms with Crippen molar-refractivity contribution in [3.05, 3.63) is 118 Å². The number of methoxy groups -OCH3 is 1. The molecule has 0 fully saturated rings. The largest absolute Gasteiger partial charge is 0.506 e. The summed E-state index contributed by atoms with van der Waals surface area (Å²) in [7, 11) is 1.65. The molecule has 3 aromatic carbocycles. The number of para-hydroxylation sites is 1. The maximum absolute atomic E-state index is 13.9. The Bertz CT molecular complexity index is 1760. The molecule has 6 rings (SSSR count). The highest BCUT2D eigenvalue weighted by Crippen LogP contribution is 2.43. The minimum Gasteiger partial charge on any atom is -0.506 e. The van der Waals surface area contributed by atoms with Crippen molar-refractivity contribution in [2.24, 2.45) is 4.99 Å². The zero-order valence-electron chi connectivity index (χ0n) is 19.2. The second kappa shape index (κ2) is 9.07. The van der Waals surface area contributed by atoms with Gasteiger partial charge in [0, 0.05) is 21.2 Å². The number of aryl methyl sites for hydroxylation is 1. The highest BCUT2D eigenvalue weighted by atomic mass is 79.9. The second-order valence-corrected chi connectivity index (χ2v) is 11.0. The first-order chi connectivity index (χ1) is 17.5. The number of thiazole rings is 1. The van der Waals surface area contributed by atoms with E-state index in [-0.39, 0.29) is 22.4 Å². The Balaban J connectivity index is 1.66.